The summed E-state index contributed by atoms with van der Waals surface area (Å²) in [6.07, 6.45) is -4.34. The largest absolute Gasteiger partial charge is 0.455 e. The van der Waals surface area contributed by atoms with Gasteiger partial charge in [-0.15, -0.1) is 0 Å². The number of esters is 1. The number of hydrogen-bond acceptors (Lipinski definition) is 9. The summed E-state index contributed by atoms with van der Waals surface area (Å²) in [5, 5.41) is 57.8. The Bertz CT molecular complexity index is 1110. The highest BCUT2D eigenvalue weighted by Gasteiger charge is 2.84. The number of aliphatic hydroxyl groups is 5. The summed E-state index contributed by atoms with van der Waals surface area (Å²) in [6.45, 7) is 8.07. The monoisotopic (exact) mass is 502 g/mol. The van der Waals surface area contributed by atoms with E-state index in [9.17, 15) is 35.1 Å². The summed E-state index contributed by atoms with van der Waals surface area (Å²) in [5.41, 5.74) is -7.31. The van der Waals surface area contributed by atoms with E-state index in [-0.39, 0.29) is 18.4 Å². The molecule has 3 saturated carbocycles. The van der Waals surface area contributed by atoms with Gasteiger partial charge in [0.1, 0.15) is 29.5 Å². The first-order valence-electron chi connectivity index (χ1n) is 12.4. The Hall–Kier alpha value is -2.14. The van der Waals surface area contributed by atoms with Crippen molar-refractivity contribution in [3.8, 4) is 0 Å². The van der Waals surface area contributed by atoms with Crippen LogP contribution in [0.2, 0.25) is 0 Å². The van der Waals surface area contributed by atoms with E-state index >= 15 is 0 Å². The third-order valence-electron chi connectivity index (χ3n) is 9.46. The molecule has 9 nitrogen and oxygen atoms in total. The molecule has 1 aromatic carbocycles. The smallest absolute Gasteiger partial charge is 0.338 e. The topological polar surface area (TPSA) is 157 Å². The van der Waals surface area contributed by atoms with E-state index in [2.05, 4.69) is 6.58 Å². The normalized spacial score (nSPS) is 49.3. The van der Waals surface area contributed by atoms with Crippen LogP contribution in [0.3, 0.4) is 0 Å². The Morgan fingerprint density at radius 1 is 1.19 bits per heavy atom. The molecule has 4 aliphatic rings. The molecule has 1 aliphatic heterocycles. The maximum absolute atomic E-state index is 13.2. The first-order chi connectivity index (χ1) is 16.8. The Labute approximate surface area is 209 Å². The van der Waals surface area contributed by atoms with Gasteiger partial charge in [0.2, 0.25) is 0 Å². The maximum Gasteiger partial charge on any atom is 0.338 e. The van der Waals surface area contributed by atoms with Crippen LogP contribution in [0.15, 0.2) is 42.5 Å². The standard InChI is InChI=1S/C27H34O9/c1-13(2)24(32)11-15(4)26(33)17-10-14(3)19(29)27(17,34)23(31)25(12-28)21(36-25)18(26)20(24)35-22(30)16-8-6-5-7-9-16/h5-9,14-15,17-18,20-21,23,28,31-34H,1,10-12H2,2-4H3/t14-,15-,17+,18-,20-,21+,23-,24-,25+,26+,27-/m1/s1. The van der Waals surface area contributed by atoms with Crippen LogP contribution in [0.25, 0.3) is 0 Å². The molecule has 0 unspecified atom stereocenters. The molecule has 0 aromatic heterocycles. The van der Waals surface area contributed by atoms with Crippen molar-refractivity contribution in [1.29, 1.82) is 0 Å². The molecule has 1 heterocycles. The predicted molar refractivity (Wildman–Crippen MR) is 126 cm³/mol. The number of carbonyl (C=O) groups excluding carboxylic acids is 2. The second-order valence-electron chi connectivity index (χ2n) is 11.3. The molecule has 4 fully saturated rings. The predicted octanol–water partition coefficient (Wildman–Crippen LogP) is 0.367. The van der Waals surface area contributed by atoms with Crippen LogP contribution in [0.4, 0.5) is 0 Å². The molecule has 196 valence electrons. The second-order valence-corrected chi connectivity index (χ2v) is 11.3. The number of ether oxygens (including phenoxy) is 2. The van der Waals surface area contributed by atoms with Gasteiger partial charge in [-0.3, -0.25) is 4.79 Å². The van der Waals surface area contributed by atoms with Crippen LogP contribution in [-0.2, 0) is 14.3 Å². The van der Waals surface area contributed by atoms with E-state index in [1.165, 1.54) is 0 Å². The van der Waals surface area contributed by atoms with Crippen LogP contribution in [0, 0.1) is 23.7 Å². The number of rotatable bonds is 4. The molecule has 0 amide bonds. The molecular formula is C27H34O9. The molecule has 0 spiro atoms. The van der Waals surface area contributed by atoms with E-state index in [0.717, 1.165) is 0 Å². The minimum atomic E-state index is -2.39. The van der Waals surface area contributed by atoms with Crippen molar-refractivity contribution in [2.75, 3.05) is 6.61 Å². The van der Waals surface area contributed by atoms with Gasteiger partial charge in [-0.05, 0) is 43.4 Å². The van der Waals surface area contributed by atoms with Crippen molar-refractivity contribution in [2.45, 2.75) is 74.3 Å². The van der Waals surface area contributed by atoms with Crippen LogP contribution >= 0.6 is 0 Å². The summed E-state index contributed by atoms with van der Waals surface area (Å²) < 4.78 is 11.8. The number of epoxide rings is 1. The first kappa shape index (κ1) is 25.5. The van der Waals surface area contributed by atoms with E-state index in [1.807, 2.05) is 0 Å². The lowest BCUT2D eigenvalue weighted by Crippen LogP contribution is -2.71. The van der Waals surface area contributed by atoms with Gasteiger partial charge in [0.05, 0.1) is 23.7 Å². The average molecular weight is 503 g/mol. The van der Waals surface area contributed by atoms with Crippen LogP contribution in [0.5, 0.6) is 0 Å². The fraction of sp³-hybridized carbons (Fsp3) is 0.630. The average Bonchev–Trinajstić information content (AvgIpc) is 3.54. The Morgan fingerprint density at radius 3 is 2.42 bits per heavy atom. The summed E-state index contributed by atoms with van der Waals surface area (Å²) in [6, 6.07) is 8.17. The highest BCUT2D eigenvalue weighted by Crippen LogP contribution is 2.66. The van der Waals surface area contributed by atoms with Crippen molar-refractivity contribution >= 4 is 11.8 Å². The van der Waals surface area contributed by atoms with Gasteiger partial charge in [0.25, 0.3) is 0 Å². The maximum atomic E-state index is 13.2. The quantitative estimate of drug-likeness (QED) is 0.223. The van der Waals surface area contributed by atoms with Gasteiger partial charge in [0, 0.05) is 11.8 Å². The Balaban J connectivity index is 1.70. The molecule has 11 atom stereocenters. The lowest BCUT2D eigenvalue weighted by Gasteiger charge is -2.57. The number of benzene rings is 1. The summed E-state index contributed by atoms with van der Waals surface area (Å²) in [7, 11) is 0. The highest BCUT2D eigenvalue weighted by molar-refractivity contribution is 5.93. The van der Waals surface area contributed by atoms with Crippen molar-refractivity contribution in [2.24, 2.45) is 23.7 Å². The number of fused-ring (bicyclic) bond motifs is 5. The highest BCUT2D eigenvalue weighted by atomic mass is 16.6. The molecule has 9 heteroatoms. The first-order valence-corrected chi connectivity index (χ1v) is 12.4. The van der Waals surface area contributed by atoms with E-state index in [0.29, 0.717) is 5.57 Å². The summed E-state index contributed by atoms with van der Waals surface area (Å²) >= 11 is 0. The lowest BCUT2D eigenvalue weighted by molar-refractivity contribution is -0.254. The Kier molecular flexibility index (Phi) is 5.62. The van der Waals surface area contributed by atoms with Crippen molar-refractivity contribution in [3.63, 3.8) is 0 Å². The van der Waals surface area contributed by atoms with E-state index in [4.69, 9.17) is 9.47 Å². The molecule has 36 heavy (non-hydrogen) atoms. The van der Waals surface area contributed by atoms with Gasteiger partial charge >= 0.3 is 5.97 Å². The molecular weight excluding hydrogens is 468 g/mol. The minimum Gasteiger partial charge on any atom is -0.455 e. The molecule has 5 N–H and O–H groups in total. The zero-order valence-corrected chi connectivity index (χ0v) is 20.6. The zero-order valence-electron chi connectivity index (χ0n) is 20.6. The molecule has 0 bridgehead atoms. The zero-order chi connectivity index (χ0) is 26.4. The molecule has 5 rings (SSSR count). The number of aliphatic hydroxyl groups excluding tert-OH is 2. The van der Waals surface area contributed by atoms with E-state index < -0.39 is 82.7 Å². The number of ketones is 1. The third-order valence-corrected chi connectivity index (χ3v) is 9.46. The summed E-state index contributed by atoms with van der Waals surface area (Å²) in [4.78, 5) is 26.5. The second kappa shape index (κ2) is 7.93. The van der Waals surface area contributed by atoms with Crippen molar-refractivity contribution in [1.82, 2.24) is 0 Å². The number of hydrogen-bond donors (Lipinski definition) is 5. The number of carbonyl (C=O) groups is 2. The Morgan fingerprint density at radius 2 is 1.83 bits per heavy atom. The third kappa shape index (κ3) is 2.98. The SMILES string of the molecule is C=C(C)[C@]1(O)C[C@@H](C)[C@@]2(O)[C@H]([C@H]1OC(=O)c1ccccc1)[C@@H]1O[C@]1(CO)[C@@H](O)[C@]1(O)C(=O)[C@H](C)C[C@H]12. The number of Topliss-reactive ketones (excluding diaryl/α,β-unsaturated/α-hetero) is 1. The van der Waals surface area contributed by atoms with Crippen molar-refractivity contribution in [3.05, 3.63) is 48.0 Å². The van der Waals surface area contributed by atoms with Gasteiger partial charge in [-0.2, -0.15) is 0 Å². The molecule has 3 aliphatic carbocycles. The van der Waals surface area contributed by atoms with Gasteiger partial charge in [0.15, 0.2) is 11.4 Å². The molecule has 0 radical (unpaired) electrons. The summed E-state index contributed by atoms with van der Waals surface area (Å²) in [5.74, 6) is -5.11. The van der Waals surface area contributed by atoms with Crippen molar-refractivity contribution < 1.29 is 44.6 Å². The van der Waals surface area contributed by atoms with Crippen LogP contribution < -0.4 is 0 Å². The van der Waals surface area contributed by atoms with Gasteiger partial charge < -0.3 is 35.0 Å². The fourth-order valence-electron chi connectivity index (χ4n) is 7.40. The van der Waals surface area contributed by atoms with E-state index in [1.54, 1.807) is 51.1 Å². The van der Waals surface area contributed by atoms with Gasteiger partial charge in [-0.25, -0.2) is 4.79 Å². The molecule has 1 saturated heterocycles. The van der Waals surface area contributed by atoms with Gasteiger partial charge in [-0.1, -0.05) is 38.6 Å². The minimum absolute atomic E-state index is 0.0722. The molecule has 1 aromatic rings. The fourth-order valence-corrected chi connectivity index (χ4v) is 7.40. The van der Waals surface area contributed by atoms with Crippen LogP contribution in [-0.4, -0.2) is 84.6 Å². The van der Waals surface area contributed by atoms with Crippen LogP contribution in [0.1, 0.15) is 44.0 Å². The lowest BCUT2D eigenvalue weighted by atomic mass is 9.54.